The van der Waals surface area contributed by atoms with Crippen LogP contribution in [0.1, 0.15) is 36.0 Å². The Morgan fingerprint density at radius 1 is 1.17 bits per heavy atom. The summed E-state index contributed by atoms with van der Waals surface area (Å²) in [6.07, 6.45) is 3.91. The summed E-state index contributed by atoms with van der Waals surface area (Å²) in [5, 5.41) is 6.81. The number of rotatable bonds is 6. The van der Waals surface area contributed by atoms with E-state index in [0.29, 0.717) is 0 Å². The van der Waals surface area contributed by atoms with Crippen molar-refractivity contribution in [1.29, 1.82) is 0 Å². The van der Waals surface area contributed by atoms with Crippen LogP contribution in [0.15, 0.2) is 23.2 Å². The Kier molecular flexibility index (Phi) is 9.55. The number of halogens is 1. The van der Waals surface area contributed by atoms with Gasteiger partial charge in [0.15, 0.2) is 5.96 Å². The monoisotopic (exact) mass is 430 g/mol. The first-order chi connectivity index (χ1) is 10.7. The highest BCUT2D eigenvalue weighted by Crippen LogP contribution is 2.10. The number of guanidine groups is 1. The molecule has 0 atom stereocenters. The molecule has 1 aromatic rings. The van der Waals surface area contributed by atoms with Crippen LogP contribution in [0.5, 0.6) is 0 Å². The second kappa shape index (κ2) is 10.9. The van der Waals surface area contributed by atoms with Gasteiger partial charge in [-0.05, 0) is 63.9 Å². The van der Waals surface area contributed by atoms with Gasteiger partial charge in [0.25, 0.3) is 0 Å². The van der Waals surface area contributed by atoms with Gasteiger partial charge in [0.1, 0.15) is 0 Å². The molecule has 0 saturated carbocycles. The van der Waals surface area contributed by atoms with E-state index in [1.54, 1.807) is 0 Å². The summed E-state index contributed by atoms with van der Waals surface area (Å²) in [4.78, 5) is 6.85. The maximum Gasteiger partial charge on any atom is 0.191 e. The van der Waals surface area contributed by atoms with E-state index in [1.165, 1.54) is 55.6 Å². The molecule has 0 aromatic heterocycles. The highest BCUT2D eigenvalue weighted by Gasteiger charge is 2.10. The molecule has 1 fully saturated rings. The Hall–Kier alpha value is -0.820. The molecule has 1 aliphatic heterocycles. The molecule has 2 N–H and O–H groups in total. The Bertz CT molecular complexity index is 496. The molecule has 1 heterocycles. The fraction of sp³-hybridized carbons (Fsp3) is 0.611. The lowest BCUT2D eigenvalue weighted by molar-refractivity contribution is 0.334. The van der Waals surface area contributed by atoms with Gasteiger partial charge in [-0.3, -0.25) is 4.99 Å². The van der Waals surface area contributed by atoms with E-state index in [4.69, 9.17) is 0 Å². The summed E-state index contributed by atoms with van der Waals surface area (Å²) in [5.74, 6) is 0.890. The van der Waals surface area contributed by atoms with Crippen molar-refractivity contribution in [3.63, 3.8) is 0 Å². The van der Waals surface area contributed by atoms with Gasteiger partial charge in [-0.1, -0.05) is 23.8 Å². The number of aryl methyl sites for hydroxylation is 2. The zero-order chi connectivity index (χ0) is 15.8. The van der Waals surface area contributed by atoms with Crippen LogP contribution in [0.2, 0.25) is 0 Å². The van der Waals surface area contributed by atoms with Crippen molar-refractivity contribution >= 4 is 29.9 Å². The molecular weight excluding hydrogens is 399 g/mol. The third kappa shape index (κ3) is 7.08. The van der Waals surface area contributed by atoms with Crippen LogP contribution >= 0.6 is 24.0 Å². The normalized spacial score (nSPS) is 15.3. The maximum atomic E-state index is 4.30. The number of hydrogen-bond acceptors (Lipinski definition) is 2. The fourth-order valence-corrected chi connectivity index (χ4v) is 2.96. The van der Waals surface area contributed by atoms with Crippen LogP contribution in [0.3, 0.4) is 0 Å². The highest BCUT2D eigenvalue weighted by molar-refractivity contribution is 14.0. The Morgan fingerprint density at radius 2 is 1.91 bits per heavy atom. The third-order valence-electron chi connectivity index (χ3n) is 4.31. The summed E-state index contributed by atoms with van der Waals surface area (Å²) in [7, 11) is 1.83. The summed E-state index contributed by atoms with van der Waals surface area (Å²) < 4.78 is 0. The number of aliphatic imine (C=N–C) groups is 1. The second-order valence-corrected chi connectivity index (χ2v) is 6.18. The number of likely N-dealkylation sites (tertiary alicyclic amines) is 1. The highest BCUT2D eigenvalue weighted by atomic mass is 127. The van der Waals surface area contributed by atoms with E-state index >= 15 is 0 Å². The van der Waals surface area contributed by atoms with Gasteiger partial charge >= 0.3 is 0 Å². The van der Waals surface area contributed by atoms with Crippen LogP contribution in [0, 0.1) is 13.8 Å². The first-order valence-electron chi connectivity index (χ1n) is 8.42. The molecule has 23 heavy (non-hydrogen) atoms. The molecule has 1 saturated heterocycles. The molecule has 0 bridgehead atoms. The van der Waals surface area contributed by atoms with Crippen LogP contribution in [0.25, 0.3) is 0 Å². The SMILES string of the molecule is CN=C(NCCCN1CCCC1)NCc1ccc(C)cc1C.I. The average molecular weight is 430 g/mol. The van der Waals surface area contributed by atoms with Gasteiger partial charge in [-0.25, -0.2) is 0 Å². The van der Waals surface area contributed by atoms with Crippen molar-refractivity contribution in [3.05, 3.63) is 34.9 Å². The molecule has 0 amide bonds. The average Bonchev–Trinajstić information content (AvgIpc) is 3.01. The van der Waals surface area contributed by atoms with Crippen molar-refractivity contribution in [2.45, 2.75) is 39.7 Å². The minimum absolute atomic E-state index is 0. The topological polar surface area (TPSA) is 39.7 Å². The summed E-state index contributed by atoms with van der Waals surface area (Å²) in [6, 6.07) is 6.58. The molecule has 130 valence electrons. The minimum Gasteiger partial charge on any atom is -0.356 e. The van der Waals surface area contributed by atoms with Crippen molar-refractivity contribution in [3.8, 4) is 0 Å². The summed E-state index contributed by atoms with van der Waals surface area (Å²) >= 11 is 0. The van der Waals surface area contributed by atoms with Crippen molar-refractivity contribution in [2.24, 2.45) is 4.99 Å². The van der Waals surface area contributed by atoms with Crippen LogP contribution in [0.4, 0.5) is 0 Å². The second-order valence-electron chi connectivity index (χ2n) is 6.18. The van der Waals surface area contributed by atoms with Crippen LogP contribution < -0.4 is 10.6 Å². The molecule has 0 aliphatic carbocycles. The van der Waals surface area contributed by atoms with Gasteiger partial charge in [-0.15, -0.1) is 24.0 Å². The molecule has 1 aliphatic rings. The predicted octanol–water partition coefficient (Wildman–Crippen LogP) is 3.07. The molecule has 5 heteroatoms. The lowest BCUT2D eigenvalue weighted by Crippen LogP contribution is -2.38. The van der Waals surface area contributed by atoms with Crippen LogP contribution in [-0.2, 0) is 6.54 Å². The molecular formula is C18H31IN4. The largest absolute Gasteiger partial charge is 0.356 e. The minimum atomic E-state index is 0. The molecule has 0 radical (unpaired) electrons. The van der Waals surface area contributed by atoms with E-state index in [1.807, 2.05) is 7.05 Å². The zero-order valence-electron chi connectivity index (χ0n) is 14.7. The number of benzene rings is 1. The van der Waals surface area contributed by atoms with Gasteiger partial charge in [0.2, 0.25) is 0 Å². The van der Waals surface area contributed by atoms with Crippen molar-refractivity contribution < 1.29 is 0 Å². The summed E-state index contributed by atoms with van der Waals surface area (Å²) in [6.45, 7) is 9.84. The van der Waals surface area contributed by atoms with Crippen molar-refractivity contribution in [1.82, 2.24) is 15.5 Å². The zero-order valence-corrected chi connectivity index (χ0v) is 17.0. The first kappa shape index (κ1) is 20.2. The Balaban J connectivity index is 0.00000264. The smallest absolute Gasteiger partial charge is 0.191 e. The summed E-state index contributed by atoms with van der Waals surface area (Å²) in [5.41, 5.74) is 3.97. The van der Waals surface area contributed by atoms with E-state index < -0.39 is 0 Å². The first-order valence-corrected chi connectivity index (χ1v) is 8.42. The molecule has 4 nitrogen and oxygen atoms in total. The lowest BCUT2D eigenvalue weighted by atomic mass is 10.1. The lowest BCUT2D eigenvalue weighted by Gasteiger charge is -2.16. The molecule has 1 aromatic carbocycles. The standard InChI is InChI=1S/C18H30N4.HI/c1-15-7-8-17(16(2)13-15)14-21-18(19-3)20-9-6-12-22-10-4-5-11-22;/h7-8,13H,4-6,9-12,14H2,1-3H3,(H2,19,20,21);1H. The van der Waals surface area contributed by atoms with Gasteiger partial charge < -0.3 is 15.5 Å². The fourth-order valence-electron chi connectivity index (χ4n) is 2.96. The third-order valence-corrected chi connectivity index (χ3v) is 4.31. The Labute approximate surface area is 158 Å². The number of nitrogens with one attached hydrogen (secondary N) is 2. The van der Waals surface area contributed by atoms with Gasteiger partial charge in [0, 0.05) is 20.1 Å². The van der Waals surface area contributed by atoms with Gasteiger partial charge in [-0.2, -0.15) is 0 Å². The van der Waals surface area contributed by atoms with E-state index in [-0.39, 0.29) is 24.0 Å². The van der Waals surface area contributed by atoms with E-state index in [2.05, 4.69) is 52.6 Å². The quantitative estimate of drug-likeness (QED) is 0.316. The van der Waals surface area contributed by atoms with Crippen LogP contribution in [-0.4, -0.2) is 44.1 Å². The maximum absolute atomic E-state index is 4.30. The molecule has 0 spiro atoms. The molecule has 2 rings (SSSR count). The Morgan fingerprint density at radius 3 is 2.57 bits per heavy atom. The number of hydrogen-bond donors (Lipinski definition) is 2. The van der Waals surface area contributed by atoms with E-state index in [0.717, 1.165) is 19.0 Å². The van der Waals surface area contributed by atoms with Crippen molar-refractivity contribution in [2.75, 3.05) is 33.2 Å². The predicted molar refractivity (Wildman–Crippen MR) is 110 cm³/mol. The van der Waals surface area contributed by atoms with E-state index in [9.17, 15) is 0 Å². The number of nitrogens with zero attached hydrogens (tertiary/aromatic N) is 2. The molecule has 0 unspecified atom stereocenters. The van der Waals surface area contributed by atoms with Gasteiger partial charge in [0.05, 0.1) is 0 Å².